The Morgan fingerprint density at radius 3 is 2.00 bits per heavy atom. The summed E-state index contributed by atoms with van der Waals surface area (Å²) in [4.78, 5) is 0. The predicted octanol–water partition coefficient (Wildman–Crippen LogP) is 2.83. The van der Waals surface area contributed by atoms with E-state index in [0.717, 1.165) is 17.7 Å². The van der Waals surface area contributed by atoms with Gasteiger partial charge in [0.1, 0.15) is 0 Å². The average molecular weight is 232 g/mol. The molecule has 0 aliphatic rings. The number of nitrogens with zero attached hydrogens (tertiary/aromatic N) is 1. The van der Waals surface area contributed by atoms with Crippen LogP contribution >= 0.6 is 0 Å². The van der Waals surface area contributed by atoms with Crippen molar-refractivity contribution in [1.29, 1.82) is 0 Å². The number of alkyl halides is 3. The fourth-order valence-corrected chi connectivity index (χ4v) is 1.42. The first-order valence-corrected chi connectivity index (χ1v) is 4.91. The summed E-state index contributed by atoms with van der Waals surface area (Å²) in [6, 6.07) is 5.16. The minimum atomic E-state index is -4.27. The Labute approximate surface area is 93.0 Å². The second-order valence-electron chi connectivity index (χ2n) is 3.86. The van der Waals surface area contributed by atoms with Crippen molar-refractivity contribution in [3.63, 3.8) is 0 Å². The second-order valence-corrected chi connectivity index (χ2v) is 3.86. The molecule has 2 nitrogen and oxygen atoms in total. The zero-order valence-electron chi connectivity index (χ0n) is 9.47. The lowest BCUT2D eigenvalue weighted by Crippen LogP contribution is -2.32. The quantitative estimate of drug-likeness (QED) is 0.806. The molecule has 0 aliphatic heterocycles. The van der Waals surface area contributed by atoms with E-state index >= 15 is 0 Å². The topological polar surface area (TPSA) is 15.3 Å². The third-order valence-corrected chi connectivity index (χ3v) is 2.19. The number of benzene rings is 1. The highest BCUT2D eigenvalue weighted by atomic mass is 19.4. The lowest BCUT2D eigenvalue weighted by Gasteiger charge is -2.20. The van der Waals surface area contributed by atoms with Gasteiger partial charge in [-0.15, -0.1) is 0 Å². The van der Waals surface area contributed by atoms with Crippen LogP contribution in [0.15, 0.2) is 24.3 Å². The van der Waals surface area contributed by atoms with Gasteiger partial charge in [0.2, 0.25) is 0 Å². The van der Waals surface area contributed by atoms with E-state index in [-0.39, 0.29) is 6.04 Å². The van der Waals surface area contributed by atoms with E-state index < -0.39 is 11.7 Å². The van der Waals surface area contributed by atoms with E-state index in [1.807, 2.05) is 21.0 Å². The van der Waals surface area contributed by atoms with Crippen molar-refractivity contribution in [2.24, 2.45) is 0 Å². The Morgan fingerprint density at radius 1 is 1.12 bits per heavy atom. The van der Waals surface area contributed by atoms with Crippen LogP contribution in [0.3, 0.4) is 0 Å². The van der Waals surface area contributed by atoms with Crippen LogP contribution in [0, 0.1) is 0 Å². The molecule has 0 heterocycles. The molecule has 0 saturated carbocycles. The van der Waals surface area contributed by atoms with Crippen molar-refractivity contribution >= 4 is 0 Å². The highest BCUT2D eigenvalue weighted by Gasteiger charge is 2.30. The van der Waals surface area contributed by atoms with Crippen molar-refractivity contribution in [2.45, 2.75) is 19.1 Å². The van der Waals surface area contributed by atoms with E-state index in [9.17, 15) is 13.2 Å². The molecule has 1 N–H and O–H groups in total. The summed E-state index contributed by atoms with van der Waals surface area (Å²) in [6.07, 6.45) is -4.27. The summed E-state index contributed by atoms with van der Waals surface area (Å²) >= 11 is 0. The Bertz CT molecular complexity index is 330. The molecule has 0 radical (unpaired) electrons. The van der Waals surface area contributed by atoms with Crippen molar-refractivity contribution in [3.8, 4) is 0 Å². The largest absolute Gasteiger partial charge is 0.416 e. The molecule has 1 rings (SSSR count). The maximum atomic E-state index is 12.3. The lowest BCUT2D eigenvalue weighted by atomic mass is 10.1. The maximum Gasteiger partial charge on any atom is 0.416 e. The monoisotopic (exact) mass is 232 g/mol. The SMILES string of the molecule is CC(NN(C)C)c1ccc(C(F)(F)F)cc1. The lowest BCUT2D eigenvalue weighted by molar-refractivity contribution is -0.137. The van der Waals surface area contributed by atoms with Gasteiger partial charge in [0.25, 0.3) is 0 Å². The summed E-state index contributed by atoms with van der Waals surface area (Å²) in [5, 5.41) is 1.77. The number of hydrogen-bond donors (Lipinski definition) is 1. The smallest absolute Gasteiger partial charge is 0.250 e. The Morgan fingerprint density at radius 2 is 1.62 bits per heavy atom. The van der Waals surface area contributed by atoms with Gasteiger partial charge in [0.15, 0.2) is 0 Å². The first-order valence-electron chi connectivity index (χ1n) is 4.91. The van der Waals surface area contributed by atoms with Crippen LogP contribution in [0.4, 0.5) is 13.2 Å². The molecule has 0 fully saturated rings. The van der Waals surface area contributed by atoms with Crippen molar-refractivity contribution < 1.29 is 13.2 Å². The number of rotatable bonds is 3. The molecule has 1 aromatic rings. The van der Waals surface area contributed by atoms with Gasteiger partial charge in [-0.25, -0.2) is 5.43 Å². The molecular weight excluding hydrogens is 217 g/mol. The van der Waals surface area contributed by atoms with E-state index in [1.54, 1.807) is 5.01 Å². The number of hydrogen-bond acceptors (Lipinski definition) is 2. The standard InChI is InChI=1S/C11H15F3N2/c1-8(15-16(2)3)9-4-6-10(7-5-9)11(12,13)14/h4-8,15H,1-3H3. The molecule has 0 bridgehead atoms. The zero-order valence-corrected chi connectivity index (χ0v) is 9.47. The van der Waals surface area contributed by atoms with Gasteiger partial charge in [0, 0.05) is 20.1 Å². The first-order chi connectivity index (χ1) is 7.30. The van der Waals surface area contributed by atoms with E-state index in [1.165, 1.54) is 12.1 Å². The van der Waals surface area contributed by atoms with Gasteiger partial charge in [-0.2, -0.15) is 13.2 Å². The fraction of sp³-hybridized carbons (Fsp3) is 0.455. The van der Waals surface area contributed by atoms with Crippen molar-refractivity contribution in [3.05, 3.63) is 35.4 Å². The molecule has 0 amide bonds. The van der Waals surface area contributed by atoms with Crippen LogP contribution in [0.5, 0.6) is 0 Å². The molecule has 0 saturated heterocycles. The molecular formula is C11H15F3N2. The molecule has 0 aliphatic carbocycles. The van der Waals surface area contributed by atoms with E-state index in [2.05, 4.69) is 5.43 Å². The van der Waals surface area contributed by atoms with Gasteiger partial charge >= 0.3 is 6.18 Å². The summed E-state index contributed by atoms with van der Waals surface area (Å²) in [7, 11) is 3.67. The number of halogens is 3. The van der Waals surface area contributed by atoms with Crippen LogP contribution in [-0.4, -0.2) is 19.1 Å². The molecule has 1 atom stereocenters. The predicted molar refractivity (Wildman–Crippen MR) is 56.7 cm³/mol. The van der Waals surface area contributed by atoms with Crippen molar-refractivity contribution in [1.82, 2.24) is 10.4 Å². The van der Waals surface area contributed by atoms with Crippen LogP contribution in [0.25, 0.3) is 0 Å². The highest BCUT2D eigenvalue weighted by Crippen LogP contribution is 2.29. The van der Waals surface area contributed by atoms with Crippen molar-refractivity contribution in [2.75, 3.05) is 14.1 Å². The van der Waals surface area contributed by atoms with Crippen LogP contribution < -0.4 is 5.43 Å². The van der Waals surface area contributed by atoms with Gasteiger partial charge in [-0.1, -0.05) is 12.1 Å². The molecule has 16 heavy (non-hydrogen) atoms. The second kappa shape index (κ2) is 4.84. The van der Waals surface area contributed by atoms with Crippen LogP contribution in [-0.2, 0) is 6.18 Å². The van der Waals surface area contributed by atoms with Crippen LogP contribution in [0.2, 0.25) is 0 Å². The average Bonchev–Trinajstić information content (AvgIpc) is 2.15. The zero-order chi connectivity index (χ0) is 12.3. The first kappa shape index (κ1) is 13.0. The van der Waals surface area contributed by atoms with Gasteiger partial charge in [-0.05, 0) is 24.6 Å². The third-order valence-electron chi connectivity index (χ3n) is 2.19. The molecule has 5 heteroatoms. The van der Waals surface area contributed by atoms with Gasteiger partial charge in [-0.3, -0.25) is 5.01 Å². The molecule has 0 spiro atoms. The summed E-state index contributed by atoms with van der Waals surface area (Å²) in [6.45, 7) is 1.89. The molecule has 1 aromatic carbocycles. The minimum absolute atomic E-state index is 0.0164. The Hall–Kier alpha value is -1.07. The highest BCUT2D eigenvalue weighted by molar-refractivity contribution is 5.26. The summed E-state index contributed by atoms with van der Waals surface area (Å²) in [5.41, 5.74) is 3.27. The van der Waals surface area contributed by atoms with E-state index in [4.69, 9.17) is 0 Å². The normalized spacial score (nSPS) is 14.2. The minimum Gasteiger partial charge on any atom is -0.250 e. The molecule has 1 unspecified atom stereocenters. The Balaban J connectivity index is 2.79. The summed E-state index contributed by atoms with van der Waals surface area (Å²) in [5.74, 6) is 0. The molecule has 0 aromatic heterocycles. The molecule has 90 valence electrons. The van der Waals surface area contributed by atoms with Crippen LogP contribution in [0.1, 0.15) is 24.1 Å². The fourth-order valence-electron chi connectivity index (χ4n) is 1.42. The summed E-state index contributed by atoms with van der Waals surface area (Å²) < 4.78 is 36.9. The Kier molecular flexibility index (Phi) is 3.93. The number of hydrazine groups is 1. The number of nitrogens with one attached hydrogen (secondary N) is 1. The van der Waals surface area contributed by atoms with Gasteiger partial charge in [0.05, 0.1) is 5.56 Å². The van der Waals surface area contributed by atoms with E-state index in [0.29, 0.717) is 0 Å². The van der Waals surface area contributed by atoms with Gasteiger partial charge < -0.3 is 0 Å². The third kappa shape index (κ3) is 3.50. The maximum absolute atomic E-state index is 12.3.